The Morgan fingerprint density at radius 3 is 2.68 bits per heavy atom. The summed E-state index contributed by atoms with van der Waals surface area (Å²) in [6, 6.07) is 6.08. The number of amides is 1. The van der Waals surface area contributed by atoms with E-state index in [4.69, 9.17) is 4.74 Å². The molecule has 1 aromatic rings. The molecule has 0 fully saturated rings. The molecule has 0 heterocycles. The highest BCUT2D eigenvalue weighted by atomic mass is 79.9. The lowest BCUT2D eigenvalue weighted by Gasteiger charge is -2.11. The van der Waals surface area contributed by atoms with E-state index in [0.717, 1.165) is 29.5 Å². The zero-order valence-electron chi connectivity index (χ0n) is 11.7. The van der Waals surface area contributed by atoms with Crippen molar-refractivity contribution < 1.29 is 9.53 Å². The number of unbranched alkanes of at least 4 members (excludes halogenated alkanes) is 1. The Bertz CT molecular complexity index is 422. The zero-order valence-corrected chi connectivity index (χ0v) is 13.3. The van der Waals surface area contributed by atoms with Crippen LogP contribution in [0.2, 0.25) is 0 Å². The summed E-state index contributed by atoms with van der Waals surface area (Å²) in [4.78, 5) is 11.4. The molecule has 1 rings (SSSR count). The van der Waals surface area contributed by atoms with Crippen molar-refractivity contribution in [2.24, 2.45) is 0 Å². The quantitative estimate of drug-likeness (QED) is 0.618. The summed E-state index contributed by atoms with van der Waals surface area (Å²) in [6.45, 7) is 0. The van der Waals surface area contributed by atoms with Crippen LogP contribution in [-0.2, 0) is 11.2 Å². The molecule has 0 aromatic heterocycles. The highest BCUT2D eigenvalue weighted by Gasteiger charge is 2.04. The lowest BCUT2D eigenvalue weighted by atomic mass is 10.1. The molecular weight excluding hydrogens is 308 g/mol. The van der Waals surface area contributed by atoms with Gasteiger partial charge in [0.25, 0.3) is 0 Å². The fourth-order valence-electron chi connectivity index (χ4n) is 1.79. The maximum absolute atomic E-state index is 11.4. The number of nitrogens with zero attached hydrogens (tertiary/aromatic N) is 1. The van der Waals surface area contributed by atoms with E-state index in [0.29, 0.717) is 6.42 Å². The van der Waals surface area contributed by atoms with Crippen LogP contribution in [0.5, 0.6) is 5.75 Å². The van der Waals surface area contributed by atoms with Crippen LogP contribution in [0, 0.1) is 0 Å². The van der Waals surface area contributed by atoms with Gasteiger partial charge in [-0.25, -0.2) is 5.01 Å². The van der Waals surface area contributed by atoms with E-state index in [-0.39, 0.29) is 5.91 Å². The lowest BCUT2D eigenvalue weighted by Crippen LogP contribution is -2.35. The molecule has 1 aromatic carbocycles. The molecule has 0 aliphatic heterocycles. The van der Waals surface area contributed by atoms with Gasteiger partial charge in [0.2, 0.25) is 5.91 Å². The van der Waals surface area contributed by atoms with Gasteiger partial charge in [-0.2, -0.15) is 0 Å². The van der Waals surface area contributed by atoms with E-state index in [1.807, 2.05) is 20.2 Å². The number of carbonyl (C=O) groups excluding carboxylic acids is 1. The molecule has 5 heteroatoms. The molecule has 0 spiro atoms. The standard InChI is InChI=1S/C14H21BrN2O2/c1-17(2)16-14(18)7-5-4-6-11-8-9-13(19-3)12(15)10-11/h8-10H,4-7H2,1-3H3,(H,16,18). The summed E-state index contributed by atoms with van der Waals surface area (Å²) in [5.74, 6) is 0.912. The number of carbonyl (C=O) groups is 1. The molecule has 0 saturated carbocycles. The third-order valence-corrected chi connectivity index (χ3v) is 3.30. The van der Waals surface area contributed by atoms with Crippen molar-refractivity contribution in [3.8, 4) is 5.75 Å². The smallest absolute Gasteiger partial charge is 0.234 e. The van der Waals surface area contributed by atoms with E-state index in [1.165, 1.54) is 5.56 Å². The molecular formula is C14H21BrN2O2. The molecule has 1 N–H and O–H groups in total. The Kier molecular flexibility index (Phi) is 6.87. The Hall–Kier alpha value is -1.07. The first-order chi connectivity index (χ1) is 9.02. The maximum atomic E-state index is 11.4. The second kappa shape index (κ2) is 8.17. The zero-order chi connectivity index (χ0) is 14.3. The van der Waals surface area contributed by atoms with Gasteiger partial charge in [0.05, 0.1) is 11.6 Å². The molecule has 1 amide bonds. The van der Waals surface area contributed by atoms with Crippen LogP contribution in [0.4, 0.5) is 0 Å². The minimum Gasteiger partial charge on any atom is -0.496 e. The van der Waals surface area contributed by atoms with Crippen molar-refractivity contribution in [3.63, 3.8) is 0 Å². The average molecular weight is 329 g/mol. The van der Waals surface area contributed by atoms with Crippen molar-refractivity contribution in [3.05, 3.63) is 28.2 Å². The minimum absolute atomic E-state index is 0.0703. The molecule has 0 atom stereocenters. The van der Waals surface area contributed by atoms with Gasteiger partial charge in [-0.05, 0) is 52.9 Å². The molecule has 106 valence electrons. The lowest BCUT2D eigenvalue weighted by molar-refractivity contribution is -0.124. The largest absolute Gasteiger partial charge is 0.496 e. The second-order valence-electron chi connectivity index (χ2n) is 4.61. The van der Waals surface area contributed by atoms with Crippen LogP contribution in [0.1, 0.15) is 24.8 Å². The SMILES string of the molecule is COc1ccc(CCCCC(=O)NN(C)C)cc1Br. The fourth-order valence-corrected chi connectivity index (χ4v) is 2.37. The van der Waals surface area contributed by atoms with Crippen molar-refractivity contribution >= 4 is 21.8 Å². The number of hydrogen-bond donors (Lipinski definition) is 1. The normalized spacial score (nSPS) is 10.6. The second-order valence-corrected chi connectivity index (χ2v) is 5.46. The molecule has 0 saturated heterocycles. The first kappa shape index (κ1) is 16.0. The van der Waals surface area contributed by atoms with E-state index >= 15 is 0 Å². The van der Waals surface area contributed by atoms with Gasteiger partial charge >= 0.3 is 0 Å². The average Bonchev–Trinajstić information content (AvgIpc) is 2.34. The maximum Gasteiger partial charge on any atom is 0.234 e. The predicted molar refractivity (Wildman–Crippen MR) is 80.1 cm³/mol. The molecule has 19 heavy (non-hydrogen) atoms. The Morgan fingerprint density at radius 1 is 1.37 bits per heavy atom. The van der Waals surface area contributed by atoms with Gasteiger partial charge in [0, 0.05) is 20.5 Å². The first-order valence-corrected chi connectivity index (χ1v) is 7.11. The van der Waals surface area contributed by atoms with E-state index in [1.54, 1.807) is 12.1 Å². The molecule has 0 radical (unpaired) electrons. The van der Waals surface area contributed by atoms with Gasteiger partial charge in [0.1, 0.15) is 5.75 Å². The monoisotopic (exact) mass is 328 g/mol. The van der Waals surface area contributed by atoms with Crippen LogP contribution in [-0.4, -0.2) is 32.1 Å². The summed E-state index contributed by atoms with van der Waals surface area (Å²) >= 11 is 3.47. The highest BCUT2D eigenvalue weighted by molar-refractivity contribution is 9.10. The molecule has 4 nitrogen and oxygen atoms in total. The van der Waals surface area contributed by atoms with Crippen molar-refractivity contribution in [1.29, 1.82) is 0 Å². The fraction of sp³-hybridized carbons (Fsp3) is 0.500. The number of halogens is 1. The van der Waals surface area contributed by atoms with Crippen LogP contribution >= 0.6 is 15.9 Å². The van der Waals surface area contributed by atoms with Gasteiger partial charge < -0.3 is 4.74 Å². The number of rotatable bonds is 7. The number of benzene rings is 1. The predicted octanol–water partition coefficient (Wildman–Crippen LogP) is 2.76. The van der Waals surface area contributed by atoms with Gasteiger partial charge in [-0.15, -0.1) is 0 Å². The number of hydrogen-bond acceptors (Lipinski definition) is 3. The molecule has 0 aliphatic carbocycles. The summed E-state index contributed by atoms with van der Waals surface area (Å²) in [7, 11) is 5.28. The highest BCUT2D eigenvalue weighted by Crippen LogP contribution is 2.26. The summed E-state index contributed by atoms with van der Waals surface area (Å²) in [5.41, 5.74) is 3.99. The van der Waals surface area contributed by atoms with Crippen molar-refractivity contribution in [1.82, 2.24) is 10.4 Å². The van der Waals surface area contributed by atoms with Crippen LogP contribution < -0.4 is 10.2 Å². The van der Waals surface area contributed by atoms with Crippen LogP contribution in [0.25, 0.3) is 0 Å². The third kappa shape index (κ3) is 6.07. The number of methoxy groups -OCH3 is 1. The minimum atomic E-state index is 0.0703. The topological polar surface area (TPSA) is 41.6 Å². The summed E-state index contributed by atoms with van der Waals surface area (Å²) in [5, 5.41) is 1.67. The Labute approximate surface area is 123 Å². The Balaban J connectivity index is 2.30. The first-order valence-electron chi connectivity index (χ1n) is 6.32. The molecule has 0 aliphatic rings. The summed E-state index contributed by atoms with van der Waals surface area (Å²) in [6.07, 6.45) is 3.43. The van der Waals surface area contributed by atoms with Crippen molar-refractivity contribution in [2.75, 3.05) is 21.2 Å². The van der Waals surface area contributed by atoms with Gasteiger partial charge in [0.15, 0.2) is 0 Å². The van der Waals surface area contributed by atoms with E-state index in [2.05, 4.69) is 33.5 Å². The third-order valence-electron chi connectivity index (χ3n) is 2.68. The molecule has 0 bridgehead atoms. The van der Waals surface area contributed by atoms with E-state index in [9.17, 15) is 4.79 Å². The number of nitrogens with one attached hydrogen (secondary N) is 1. The number of ether oxygens (including phenoxy) is 1. The van der Waals surface area contributed by atoms with Gasteiger partial charge in [-0.3, -0.25) is 10.2 Å². The Morgan fingerprint density at radius 2 is 2.11 bits per heavy atom. The number of hydrazine groups is 1. The summed E-state index contributed by atoms with van der Waals surface area (Å²) < 4.78 is 6.16. The van der Waals surface area contributed by atoms with Crippen LogP contribution in [0.15, 0.2) is 22.7 Å². The van der Waals surface area contributed by atoms with Crippen molar-refractivity contribution in [2.45, 2.75) is 25.7 Å². The van der Waals surface area contributed by atoms with Gasteiger partial charge in [-0.1, -0.05) is 6.07 Å². The van der Waals surface area contributed by atoms with Crippen LogP contribution in [0.3, 0.4) is 0 Å². The van der Waals surface area contributed by atoms with E-state index < -0.39 is 0 Å². The molecule has 0 unspecified atom stereocenters. The number of aryl methyl sites for hydroxylation is 1.